The highest BCUT2D eigenvalue weighted by molar-refractivity contribution is 5.69. The summed E-state index contributed by atoms with van der Waals surface area (Å²) in [7, 11) is 0. The van der Waals surface area contributed by atoms with Crippen LogP contribution in [0.3, 0.4) is 0 Å². The zero-order valence-electron chi connectivity index (χ0n) is 46.7. The molecule has 0 bridgehead atoms. The maximum atomic E-state index is 13.1. The first kappa shape index (κ1) is 68.1. The number of hydrogen-bond acceptors (Lipinski definition) is 14. The summed E-state index contributed by atoms with van der Waals surface area (Å²) in [5.74, 6) is -0.366. The lowest BCUT2D eigenvalue weighted by Gasteiger charge is -2.42. The molecule has 7 N–H and O–H groups in total. The molecule has 2 aliphatic rings. The SMILES string of the molecule is CCCCCCCCCCCCCCCCCCCCCCCC(=O)OC(COCCCCCCCCCCCCCCCCCCCC)COC1OC(COC2OC(CO)C(O)C(O)C2O)C(O)C(O)C1O. The first-order valence-electron chi connectivity index (χ1n) is 30.6. The smallest absolute Gasteiger partial charge is 0.306 e. The van der Waals surface area contributed by atoms with Crippen LogP contribution in [0.25, 0.3) is 0 Å². The molecule has 2 rings (SSSR count). The average Bonchev–Trinajstić information content (AvgIpc) is 3.39. The lowest BCUT2D eigenvalue weighted by Crippen LogP contribution is -2.61. The van der Waals surface area contributed by atoms with Gasteiger partial charge in [-0.1, -0.05) is 251 Å². The molecule has 2 saturated heterocycles. The number of aliphatic hydroxyl groups excluding tert-OH is 7. The van der Waals surface area contributed by atoms with Gasteiger partial charge in [0.05, 0.1) is 26.4 Å². The van der Waals surface area contributed by atoms with E-state index in [0.717, 1.165) is 44.9 Å². The van der Waals surface area contributed by atoms with Crippen molar-refractivity contribution in [1.29, 1.82) is 0 Å². The number of ether oxygens (including phenoxy) is 6. The van der Waals surface area contributed by atoms with Gasteiger partial charge in [-0.3, -0.25) is 4.79 Å². The Morgan fingerprint density at radius 3 is 1.11 bits per heavy atom. The molecule has 2 fully saturated rings. The summed E-state index contributed by atoms with van der Waals surface area (Å²) in [5.41, 5.74) is 0. The molecule has 2 aliphatic heterocycles. The van der Waals surface area contributed by atoms with Crippen LogP contribution in [0.2, 0.25) is 0 Å². The fourth-order valence-corrected chi connectivity index (χ4v) is 10.2. The fraction of sp³-hybridized carbons (Fsp3) is 0.983. The summed E-state index contributed by atoms with van der Waals surface area (Å²) in [4.78, 5) is 13.1. The third-order valence-electron chi connectivity index (χ3n) is 15.1. The Hall–Kier alpha value is -1.01. The molecule has 0 amide bonds. The molecule has 14 heteroatoms. The molecule has 0 aromatic carbocycles. The fourth-order valence-electron chi connectivity index (χ4n) is 10.2. The van der Waals surface area contributed by atoms with E-state index < -0.39 is 80.7 Å². The molecular weight excluding hydrogens is 933 g/mol. The summed E-state index contributed by atoms with van der Waals surface area (Å²) in [6.45, 7) is 3.77. The van der Waals surface area contributed by atoms with E-state index in [-0.39, 0.29) is 25.6 Å². The molecule has 11 unspecified atom stereocenters. The van der Waals surface area contributed by atoms with E-state index in [4.69, 9.17) is 28.4 Å². The second-order valence-corrected chi connectivity index (χ2v) is 21.9. The Balaban J connectivity index is 1.68. The second kappa shape index (κ2) is 47.0. The van der Waals surface area contributed by atoms with Gasteiger partial charge >= 0.3 is 5.97 Å². The topological polar surface area (TPSA) is 214 Å². The normalized spacial score (nSPS) is 24.8. The van der Waals surface area contributed by atoms with Crippen molar-refractivity contribution in [3.8, 4) is 0 Å². The Labute approximate surface area is 444 Å². The number of unbranched alkanes of at least 4 members (excludes halogenated alkanes) is 37. The van der Waals surface area contributed by atoms with Crippen molar-refractivity contribution < 1.29 is 69.0 Å². The van der Waals surface area contributed by atoms with Gasteiger partial charge in [-0.2, -0.15) is 0 Å². The minimum absolute atomic E-state index is 0.0711. The van der Waals surface area contributed by atoms with E-state index in [1.54, 1.807) is 0 Å². The van der Waals surface area contributed by atoms with Crippen LogP contribution in [0.5, 0.6) is 0 Å². The van der Waals surface area contributed by atoms with Gasteiger partial charge in [-0.25, -0.2) is 0 Å². The van der Waals surface area contributed by atoms with E-state index in [2.05, 4.69) is 13.8 Å². The molecule has 14 nitrogen and oxygen atoms in total. The van der Waals surface area contributed by atoms with Crippen molar-refractivity contribution in [2.45, 2.75) is 338 Å². The minimum atomic E-state index is -1.70. The van der Waals surface area contributed by atoms with Crippen LogP contribution in [-0.4, -0.2) is 142 Å². The molecule has 0 aromatic heterocycles. The number of rotatable bonds is 51. The predicted octanol–water partition coefficient (Wildman–Crippen LogP) is 11.2. The third kappa shape index (κ3) is 33.8. The van der Waals surface area contributed by atoms with E-state index >= 15 is 0 Å². The molecule has 0 radical (unpaired) electrons. The van der Waals surface area contributed by atoms with Crippen molar-refractivity contribution in [1.82, 2.24) is 0 Å². The molecule has 11 atom stereocenters. The summed E-state index contributed by atoms with van der Waals surface area (Å²) in [6.07, 6.45) is 34.5. The van der Waals surface area contributed by atoms with Crippen LogP contribution < -0.4 is 0 Å². The van der Waals surface area contributed by atoms with Crippen molar-refractivity contribution in [3.63, 3.8) is 0 Å². The molecule has 0 aromatic rings. The highest BCUT2D eigenvalue weighted by atomic mass is 16.7. The summed E-state index contributed by atoms with van der Waals surface area (Å²) >= 11 is 0. The Kier molecular flexibility index (Phi) is 43.9. The Morgan fingerprint density at radius 2 is 0.726 bits per heavy atom. The molecule has 73 heavy (non-hydrogen) atoms. The molecule has 0 saturated carbocycles. The second-order valence-electron chi connectivity index (χ2n) is 21.9. The molecule has 434 valence electrons. The zero-order chi connectivity index (χ0) is 53.0. The Bertz CT molecular complexity index is 1210. The van der Waals surface area contributed by atoms with Crippen molar-refractivity contribution in [2.75, 3.05) is 33.0 Å². The number of hydrogen-bond donors (Lipinski definition) is 7. The van der Waals surface area contributed by atoms with Crippen LogP contribution in [0, 0.1) is 0 Å². The number of esters is 1. The van der Waals surface area contributed by atoms with Gasteiger partial charge in [0.1, 0.15) is 54.9 Å². The monoisotopic (exact) mass is 1050 g/mol. The molecule has 0 aliphatic carbocycles. The van der Waals surface area contributed by atoms with E-state index in [1.807, 2.05) is 0 Å². The summed E-state index contributed by atoms with van der Waals surface area (Å²) < 4.78 is 34.5. The van der Waals surface area contributed by atoms with Gasteiger partial charge in [0.15, 0.2) is 12.6 Å². The summed E-state index contributed by atoms with van der Waals surface area (Å²) in [6, 6.07) is 0. The maximum absolute atomic E-state index is 13.1. The standard InChI is InChI=1S/C59H114O14/c1-3-5-7-9-11-13-15-17-19-21-23-24-25-26-28-30-32-34-36-38-40-42-51(61)71-48(45-68-43-41-39-37-35-33-31-29-27-22-20-18-16-14-12-10-8-6-4-2)46-69-58-57(67)55(65)53(63)50(73-58)47-70-59-56(66)54(64)52(62)49(44-60)72-59/h48-50,52-60,62-67H,3-47H2,1-2H3. The van der Waals surface area contributed by atoms with Gasteiger partial charge in [-0.05, 0) is 12.8 Å². The third-order valence-corrected chi connectivity index (χ3v) is 15.1. The van der Waals surface area contributed by atoms with Crippen LogP contribution in [0.4, 0.5) is 0 Å². The zero-order valence-corrected chi connectivity index (χ0v) is 46.7. The van der Waals surface area contributed by atoms with Crippen LogP contribution in [-0.2, 0) is 33.2 Å². The van der Waals surface area contributed by atoms with Crippen molar-refractivity contribution in [2.24, 2.45) is 0 Å². The van der Waals surface area contributed by atoms with Crippen molar-refractivity contribution in [3.05, 3.63) is 0 Å². The van der Waals surface area contributed by atoms with Gasteiger partial charge in [0.25, 0.3) is 0 Å². The minimum Gasteiger partial charge on any atom is -0.457 e. The van der Waals surface area contributed by atoms with Gasteiger partial charge < -0.3 is 64.2 Å². The van der Waals surface area contributed by atoms with Crippen LogP contribution >= 0.6 is 0 Å². The molecule has 2 heterocycles. The first-order chi connectivity index (χ1) is 35.6. The molecular formula is C59H114O14. The number of carbonyl (C=O) groups is 1. The highest BCUT2D eigenvalue weighted by Gasteiger charge is 2.47. The molecule has 0 spiro atoms. The van der Waals surface area contributed by atoms with E-state index in [1.165, 1.54) is 205 Å². The van der Waals surface area contributed by atoms with Crippen LogP contribution in [0.1, 0.15) is 271 Å². The lowest BCUT2D eigenvalue weighted by molar-refractivity contribution is -0.332. The van der Waals surface area contributed by atoms with Crippen LogP contribution in [0.15, 0.2) is 0 Å². The largest absolute Gasteiger partial charge is 0.457 e. The van der Waals surface area contributed by atoms with E-state index in [0.29, 0.717) is 6.61 Å². The summed E-state index contributed by atoms with van der Waals surface area (Å²) in [5, 5.41) is 72.4. The van der Waals surface area contributed by atoms with Gasteiger partial charge in [-0.15, -0.1) is 0 Å². The maximum Gasteiger partial charge on any atom is 0.306 e. The van der Waals surface area contributed by atoms with Gasteiger partial charge in [0.2, 0.25) is 0 Å². The van der Waals surface area contributed by atoms with Gasteiger partial charge in [0, 0.05) is 13.0 Å². The lowest BCUT2D eigenvalue weighted by atomic mass is 9.98. The number of carbonyl (C=O) groups excluding carboxylic acids is 1. The van der Waals surface area contributed by atoms with Crippen molar-refractivity contribution >= 4 is 5.97 Å². The quantitative estimate of drug-likeness (QED) is 0.0223. The average molecular weight is 1050 g/mol. The van der Waals surface area contributed by atoms with E-state index in [9.17, 15) is 40.5 Å². The highest BCUT2D eigenvalue weighted by Crippen LogP contribution is 2.27. The Morgan fingerprint density at radius 1 is 0.397 bits per heavy atom. The number of aliphatic hydroxyl groups is 7. The first-order valence-corrected chi connectivity index (χ1v) is 30.6. The predicted molar refractivity (Wildman–Crippen MR) is 289 cm³/mol.